The van der Waals surface area contributed by atoms with Crippen molar-refractivity contribution in [1.29, 1.82) is 0 Å². The van der Waals surface area contributed by atoms with Crippen LogP contribution in [0.25, 0.3) is 5.69 Å². The molecule has 1 aromatic heterocycles. The Morgan fingerprint density at radius 3 is 2.46 bits per heavy atom. The second-order valence-electron chi connectivity index (χ2n) is 6.28. The van der Waals surface area contributed by atoms with Gasteiger partial charge in [-0.3, -0.25) is 9.36 Å². The van der Waals surface area contributed by atoms with Gasteiger partial charge in [-0.2, -0.15) is 0 Å². The molecule has 0 bridgehead atoms. The standard InChI is InChI=1S/C21H23N3O3S/c1-4-26-20(25)14-28-21-23-22-19(24(21)17-8-6-5-7-9-17)13-27-18-11-15(2)10-16(3)12-18/h5-12H,4,13-14H2,1-3H3. The molecule has 0 saturated heterocycles. The van der Waals surface area contributed by atoms with Crippen molar-refractivity contribution < 1.29 is 14.3 Å². The van der Waals surface area contributed by atoms with E-state index in [2.05, 4.69) is 16.3 Å². The molecule has 146 valence electrons. The molecule has 3 aromatic rings. The van der Waals surface area contributed by atoms with E-state index in [1.165, 1.54) is 11.8 Å². The molecule has 2 aromatic carbocycles. The summed E-state index contributed by atoms with van der Waals surface area (Å²) in [6.45, 7) is 6.49. The van der Waals surface area contributed by atoms with Crippen LogP contribution in [0.3, 0.4) is 0 Å². The van der Waals surface area contributed by atoms with Crippen LogP contribution in [-0.4, -0.2) is 33.1 Å². The smallest absolute Gasteiger partial charge is 0.316 e. The number of hydrogen-bond donors (Lipinski definition) is 0. The summed E-state index contributed by atoms with van der Waals surface area (Å²) in [7, 11) is 0. The normalized spacial score (nSPS) is 10.7. The van der Waals surface area contributed by atoms with Crippen LogP contribution in [0.5, 0.6) is 5.75 Å². The Morgan fingerprint density at radius 1 is 1.07 bits per heavy atom. The molecule has 0 amide bonds. The second-order valence-corrected chi connectivity index (χ2v) is 7.22. The van der Waals surface area contributed by atoms with Crippen LogP contribution in [0.15, 0.2) is 53.7 Å². The first-order valence-corrected chi connectivity index (χ1v) is 10.0. The molecule has 0 aliphatic heterocycles. The molecule has 28 heavy (non-hydrogen) atoms. The number of nitrogens with zero attached hydrogens (tertiary/aromatic N) is 3. The minimum absolute atomic E-state index is 0.177. The minimum atomic E-state index is -0.275. The van der Waals surface area contributed by atoms with Gasteiger partial charge in [-0.1, -0.05) is 36.0 Å². The predicted molar refractivity (Wildman–Crippen MR) is 109 cm³/mol. The molecule has 7 heteroatoms. The van der Waals surface area contributed by atoms with Gasteiger partial charge >= 0.3 is 5.97 Å². The molecule has 0 unspecified atom stereocenters. The lowest BCUT2D eigenvalue weighted by atomic mass is 10.1. The Hall–Kier alpha value is -2.80. The van der Waals surface area contributed by atoms with Crippen molar-refractivity contribution in [2.75, 3.05) is 12.4 Å². The molecule has 0 saturated carbocycles. The predicted octanol–water partition coefficient (Wildman–Crippen LogP) is 4.12. The summed E-state index contributed by atoms with van der Waals surface area (Å²) in [6.07, 6.45) is 0. The molecule has 0 fully saturated rings. The number of rotatable bonds is 8. The van der Waals surface area contributed by atoms with Crippen molar-refractivity contribution in [3.05, 3.63) is 65.5 Å². The first-order chi connectivity index (χ1) is 13.6. The maximum atomic E-state index is 11.7. The van der Waals surface area contributed by atoms with Crippen LogP contribution < -0.4 is 4.74 Å². The summed E-state index contributed by atoms with van der Waals surface area (Å²) < 4.78 is 12.9. The van der Waals surface area contributed by atoms with Crippen molar-refractivity contribution in [2.24, 2.45) is 0 Å². The van der Waals surface area contributed by atoms with Gasteiger partial charge in [0.25, 0.3) is 0 Å². The first kappa shape index (κ1) is 19.9. The molecule has 1 heterocycles. The maximum absolute atomic E-state index is 11.7. The molecule has 0 atom stereocenters. The molecule has 6 nitrogen and oxygen atoms in total. The number of carbonyl (C=O) groups excluding carboxylic acids is 1. The Bertz CT molecular complexity index is 921. The van der Waals surface area contributed by atoms with E-state index in [0.717, 1.165) is 22.6 Å². The molecular weight excluding hydrogens is 374 g/mol. The van der Waals surface area contributed by atoms with Crippen LogP contribution in [0.4, 0.5) is 0 Å². The van der Waals surface area contributed by atoms with Gasteiger partial charge in [0.05, 0.1) is 12.4 Å². The third-order valence-electron chi connectivity index (χ3n) is 3.90. The molecule has 0 aliphatic rings. The van der Waals surface area contributed by atoms with E-state index in [0.29, 0.717) is 17.6 Å². The van der Waals surface area contributed by atoms with Gasteiger partial charge in [0, 0.05) is 5.69 Å². The quantitative estimate of drug-likeness (QED) is 0.421. The summed E-state index contributed by atoms with van der Waals surface area (Å²) >= 11 is 1.30. The zero-order valence-corrected chi connectivity index (χ0v) is 17.0. The second kappa shape index (κ2) is 9.41. The van der Waals surface area contributed by atoms with Gasteiger partial charge in [0.1, 0.15) is 12.4 Å². The summed E-state index contributed by atoms with van der Waals surface area (Å²) in [5.74, 6) is 1.36. The van der Waals surface area contributed by atoms with Crippen LogP contribution in [0.1, 0.15) is 23.9 Å². The van der Waals surface area contributed by atoms with E-state index in [9.17, 15) is 4.79 Å². The zero-order valence-electron chi connectivity index (χ0n) is 16.2. The average molecular weight is 398 g/mol. The lowest BCUT2D eigenvalue weighted by molar-refractivity contribution is -0.139. The van der Waals surface area contributed by atoms with E-state index in [4.69, 9.17) is 9.47 Å². The Labute approximate surface area is 168 Å². The van der Waals surface area contributed by atoms with E-state index in [-0.39, 0.29) is 18.3 Å². The fourth-order valence-corrected chi connectivity index (χ4v) is 3.58. The largest absolute Gasteiger partial charge is 0.486 e. The van der Waals surface area contributed by atoms with E-state index >= 15 is 0 Å². The van der Waals surface area contributed by atoms with Crippen molar-refractivity contribution >= 4 is 17.7 Å². The average Bonchev–Trinajstić information content (AvgIpc) is 3.08. The van der Waals surface area contributed by atoms with Gasteiger partial charge in [-0.15, -0.1) is 10.2 Å². The third-order valence-corrected chi connectivity index (χ3v) is 4.80. The summed E-state index contributed by atoms with van der Waals surface area (Å²) in [6, 6.07) is 15.9. The van der Waals surface area contributed by atoms with Crippen LogP contribution in [-0.2, 0) is 16.1 Å². The number of aryl methyl sites for hydroxylation is 2. The van der Waals surface area contributed by atoms with Gasteiger partial charge in [-0.05, 0) is 56.2 Å². The summed E-state index contributed by atoms with van der Waals surface area (Å²) in [5.41, 5.74) is 3.20. The lowest BCUT2D eigenvalue weighted by Crippen LogP contribution is -2.09. The fraction of sp³-hybridized carbons (Fsp3) is 0.286. The van der Waals surface area contributed by atoms with Crippen molar-refractivity contribution in [3.8, 4) is 11.4 Å². The highest BCUT2D eigenvalue weighted by molar-refractivity contribution is 7.99. The van der Waals surface area contributed by atoms with Crippen molar-refractivity contribution in [1.82, 2.24) is 14.8 Å². The van der Waals surface area contributed by atoms with Gasteiger partial charge < -0.3 is 9.47 Å². The molecule has 0 aliphatic carbocycles. The van der Waals surface area contributed by atoms with Gasteiger partial charge in [0.2, 0.25) is 0 Å². The number of hydrogen-bond acceptors (Lipinski definition) is 6. The number of ether oxygens (including phenoxy) is 2. The number of aromatic nitrogens is 3. The molecule has 0 radical (unpaired) electrons. The highest BCUT2D eigenvalue weighted by atomic mass is 32.2. The maximum Gasteiger partial charge on any atom is 0.316 e. The molecule has 0 spiro atoms. The lowest BCUT2D eigenvalue weighted by Gasteiger charge is -2.11. The topological polar surface area (TPSA) is 66.2 Å². The molecule has 3 rings (SSSR count). The Morgan fingerprint density at radius 2 is 1.79 bits per heavy atom. The monoisotopic (exact) mass is 397 g/mol. The van der Waals surface area contributed by atoms with Crippen LogP contribution in [0.2, 0.25) is 0 Å². The van der Waals surface area contributed by atoms with Crippen LogP contribution >= 0.6 is 11.8 Å². The van der Waals surface area contributed by atoms with Crippen LogP contribution in [0, 0.1) is 13.8 Å². The minimum Gasteiger partial charge on any atom is -0.486 e. The highest BCUT2D eigenvalue weighted by Crippen LogP contribution is 2.24. The van der Waals surface area contributed by atoms with Crippen molar-refractivity contribution in [2.45, 2.75) is 32.5 Å². The fourth-order valence-electron chi connectivity index (χ4n) is 2.81. The first-order valence-electron chi connectivity index (χ1n) is 9.06. The number of carbonyl (C=O) groups is 1. The SMILES string of the molecule is CCOC(=O)CSc1nnc(COc2cc(C)cc(C)c2)n1-c1ccccc1. The number of benzene rings is 2. The number of esters is 1. The van der Waals surface area contributed by atoms with Crippen molar-refractivity contribution in [3.63, 3.8) is 0 Å². The number of thioether (sulfide) groups is 1. The molecular formula is C21H23N3O3S. The summed E-state index contributed by atoms with van der Waals surface area (Å²) in [4.78, 5) is 11.7. The van der Waals surface area contributed by atoms with E-state index in [1.807, 2.05) is 60.9 Å². The summed E-state index contributed by atoms with van der Waals surface area (Å²) in [5, 5.41) is 9.17. The van der Waals surface area contributed by atoms with Gasteiger partial charge in [0.15, 0.2) is 11.0 Å². The highest BCUT2D eigenvalue weighted by Gasteiger charge is 2.16. The molecule has 0 N–H and O–H groups in total. The Kier molecular flexibility index (Phi) is 6.71. The number of para-hydroxylation sites is 1. The third kappa shape index (κ3) is 5.13. The van der Waals surface area contributed by atoms with E-state index in [1.54, 1.807) is 6.92 Å². The van der Waals surface area contributed by atoms with Gasteiger partial charge in [-0.25, -0.2) is 0 Å². The Balaban J connectivity index is 1.83. The zero-order chi connectivity index (χ0) is 19.9. The van der Waals surface area contributed by atoms with E-state index < -0.39 is 0 Å².